The average molecular weight is 479 g/mol. The molecule has 186 valence electrons. The van der Waals surface area contributed by atoms with E-state index in [-0.39, 0.29) is 18.5 Å². The van der Waals surface area contributed by atoms with Crippen LogP contribution in [-0.4, -0.2) is 52.3 Å². The van der Waals surface area contributed by atoms with E-state index in [0.29, 0.717) is 18.0 Å². The van der Waals surface area contributed by atoms with Crippen LogP contribution in [0.15, 0.2) is 66.7 Å². The van der Waals surface area contributed by atoms with Crippen LogP contribution in [0.4, 0.5) is 0 Å². The van der Waals surface area contributed by atoms with E-state index >= 15 is 0 Å². The van der Waals surface area contributed by atoms with Gasteiger partial charge in [0, 0.05) is 6.54 Å². The summed E-state index contributed by atoms with van der Waals surface area (Å²) in [6, 6.07) is 21.0. The van der Waals surface area contributed by atoms with Crippen molar-refractivity contribution >= 4 is 5.91 Å². The summed E-state index contributed by atoms with van der Waals surface area (Å²) in [7, 11) is 6.50. The molecule has 7 heteroatoms. The molecule has 0 aliphatic carbocycles. The van der Waals surface area contributed by atoms with E-state index in [1.807, 2.05) is 73.7 Å². The van der Waals surface area contributed by atoms with Gasteiger partial charge in [-0.3, -0.25) is 9.69 Å². The zero-order valence-corrected chi connectivity index (χ0v) is 21.0. The minimum atomic E-state index is -0.306. The highest BCUT2D eigenvalue weighted by Crippen LogP contribution is 2.28. The van der Waals surface area contributed by atoms with Crippen LogP contribution in [0.3, 0.4) is 0 Å². The van der Waals surface area contributed by atoms with Crippen LogP contribution in [0.1, 0.15) is 29.7 Å². The molecule has 0 aromatic heterocycles. The topological polar surface area (TPSA) is 69.3 Å². The fourth-order valence-electron chi connectivity index (χ4n) is 3.88. The lowest BCUT2D eigenvalue weighted by Crippen LogP contribution is -2.39. The van der Waals surface area contributed by atoms with Gasteiger partial charge in [-0.2, -0.15) is 0 Å². The van der Waals surface area contributed by atoms with E-state index in [0.717, 1.165) is 34.7 Å². The number of nitrogens with one attached hydrogen (secondary N) is 1. The van der Waals surface area contributed by atoms with Crippen LogP contribution in [-0.2, 0) is 11.3 Å². The molecule has 0 radical (unpaired) electrons. The Hall–Kier alpha value is -3.71. The minimum Gasteiger partial charge on any atom is -0.497 e. The van der Waals surface area contributed by atoms with Crippen molar-refractivity contribution in [3.8, 4) is 23.0 Å². The molecular formula is C28H34N2O5. The Labute approximate surface area is 207 Å². The third kappa shape index (κ3) is 6.90. The summed E-state index contributed by atoms with van der Waals surface area (Å²) < 4.78 is 21.3. The van der Waals surface area contributed by atoms with Crippen molar-refractivity contribution in [2.24, 2.45) is 0 Å². The number of ether oxygens (including phenoxy) is 4. The highest BCUT2D eigenvalue weighted by atomic mass is 16.5. The summed E-state index contributed by atoms with van der Waals surface area (Å²) >= 11 is 0. The van der Waals surface area contributed by atoms with Gasteiger partial charge in [0.1, 0.15) is 11.5 Å². The Morgan fingerprint density at radius 2 is 1.31 bits per heavy atom. The molecule has 0 unspecified atom stereocenters. The highest BCUT2D eigenvalue weighted by Gasteiger charge is 2.19. The second-order valence-electron chi connectivity index (χ2n) is 8.04. The quantitative estimate of drug-likeness (QED) is 0.415. The lowest BCUT2D eigenvalue weighted by molar-refractivity contribution is -0.122. The molecule has 0 bridgehead atoms. The van der Waals surface area contributed by atoms with Crippen LogP contribution >= 0.6 is 0 Å². The van der Waals surface area contributed by atoms with Crippen molar-refractivity contribution in [1.82, 2.24) is 10.2 Å². The molecule has 0 aliphatic rings. The number of amides is 1. The number of methoxy groups -OCH3 is 4. The van der Waals surface area contributed by atoms with Gasteiger partial charge in [0.15, 0.2) is 11.5 Å². The summed E-state index contributed by atoms with van der Waals surface area (Å²) in [5.41, 5.74) is 2.97. The van der Waals surface area contributed by atoms with Crippen molar-refractivity contribution in [1.29, 1.82) is 0 Å². The largest absolute Gasteiger partial charge is 0.497 e. The smallest absolute Gasteiger partial charge is 0.234 e. The summed E-state index contributed by atoms with van der Waals surface area (Å²) in [4.78, 5) is 15.3. The molecule has 7 nitrogen and oxygen atoms in total. The number of benzene rings is 3. The lowest BCUT2D eigenvalue weighted by Gasteiger charge is -2.24. The van der Waals surface area contributed by atoms with Gasteiger partial charge < -0.3 is 24.3 Å². The van der Waals surface area contributed by atoms with Gasteiger partial charge in [0.2, 0.25) is 5.91 Å². The SMILES string of the molecule is CCN(CC(=O)NC(c1ccc(OC)cc1)c1ccc(OC)cc1)Cc1ccc(OC)c(OC)c1. The summed E-state index contributed by atoms with van der Waals surface area (Å²) in [5, 5.41) is 3.21. The van der Waals surface area contributed by atoms with Crippen LogP contribution in [0.2, 0.25) is 0 Å². The summed E-state index contributed by atoms with van der Waals surface area (Å²) in [5.74, 6) is 2.81. The first-order valence-corrected chi connectivity index (χ1v) is 11.5. The molecule has 1 amide bonds. The zero-order valence-electron chi connectivity index (χ0n) is 21.0. The van der Waals surface area contributed by atoms with Crippen LogP contribution in [0, 0.1) is 0 Å². The van der Waals surface area contributed by atoms with E-state index < -0.39 is 0 Å². The monoisotopic (exact) mass is 478 g/mol. The summed E-state index contributed by atoms with van der Waals surface area (Å²) in [6.07, 6.45) is 0. The maximum absolute atomic E-state index is 13.2. The predicted molar refractivity (Wildman–Crippen MR) is 136 cm³/mol. The molecule has 0 aliphatic heterocycles. The van der Waals surface area contributed by atoms with Gasteiger partial charge in [0.05, 0.1) is 41.0 Å². The van der Waals surface area contributed by atoms with E-state index in [2.05, 4.69) is 10.2 Å². The van der Waals surface area contributed by atoms with E-state index in [1.165, 1.54) is 0 Å². The fraction of sp³-hybridized carbons (Fsp3) is 0.321. The molecule has 3 aromatic rings. The Bertz CT molecular complexity index is 1040. The molecule has 0 fully saturated rings. The molecule has 35 heavy (non-hydrogen) atoms. The average Bonchev–Trinajstić information content (AvgIpc) is 2.91. The van der Waals surface area contributed by atoms with Crippen molar-refractivity contribution in [2.45, 2.75) is 19.5 Å². The van der Waals surface area contributed by atoms with Crippen LogP contribution in [0.5, 0.6) is 23.0 Å². The van der Waals surface area contributed by atoms with Crippen molar-refractivity contribution in [2.75, 3.05) is 41.5 Å². The molecule has 0 spiro atoms. The number of nitrogens with zero attached hydrogens (tertiary/aromatic N) is 1. The maximum atomic E-state index is 13.2. The number of likely N-dealkylation sites (N-methyl/N-ethyl adjacent to an activating group) is 1. The second kappa shape index (κ2) is 12.7. The molecular weight excluding hydrogens is 444 g/mol. The van der Waals surface area contributed by atoms with Gasteiger partial charge in [0.25, 0.3) is 0 Å². The van der Waals surface area contributed by atoms with Gasteiger partial charge in [-0.25, -0.2) is 0 Å². The normalized spacial score (nSPS) is 10.8. The lowest BCUT2D eigenvalue weighted by atomic mass is 9.98. The molecule has 3 aromatic carbocycles. The number of carbonyl (C=O) groups excluding carboxylic acids is 1. The fourth-order valence-corrected chi connectivity index (χ4v) is 3.88. The number of carbonyl (C=O) groups is 1. The minimum absolute atomic E-state index is 0.0658. The third-order valence-corrected chi connectivity index (χ3v) is 5.87. The summed E-state index contributed by atoms with van der Waals surface area (Å²) in [6.45, 7) is 3.63. The van der Waals surface area contributed by atoms with Crippen LogP contribution in [0.25, 0.3) is 0 Å². The molecule has 0 heterocycles. The number of rotatable bonds is 12. The van der Waals surface area contributed by atoms with Gasteiger partial charge in [-0.1, -0.05) is 37.3 Å². The molecule has 1 N–H and O–H groups in total. The number of hydrogen-bond acceptors (Lipinski definition) is 6. The molecule has 0 saturated carbocycles. The second-order valence-corrected chi connectivity index (χ2v) is 8.04. The third-order valence-electron chi connectivity index (χ3n) is 5.87. The van der Waals surface area contributed by atoms with Crippen LogP contribution < -0.4 is 24.3 Å². The first-order chi connectivity index (χ1) is 17.0. The van der Waals surface area contributed by atoms with E-state index in [1.54, 1.807) is 28.4 Å². The Morgan fingerprint density at radius 1 is 0.771 bits per heavy atom. The predicted octanol–water partition coefficient (Wildman–Crippen LogP) is 4.45. The van der Waals surface area contributed by atoms with Gasteiger partial charge in [-0.05, 0) is 59.6 Å². The van der Waals surface area contributed by atoms with Crippen molar-refractivity contribution < 1.29 is 23.7 Å². The maximum Gasteiger partial charge on any atom is 0.234 e. The van der Waals surface area contributed by atoms with Crippen molar-refractivity contribution in [3.05, 3.63) is 83.4 Å². The Morgan fingerprint density at radius 3 is 1.77 bits per heavy atom. The van der Waals surface area contributed by atoms with Gasteiger partial charge in [-0.15, -0.1) is 0 Å². The molecule has 0 atom stereocenters. The Kier molecular flexibility index (Phi) is 9.38. The van der Waals surface area contributed by atoms with Gasteiger partial charge >= 0.3 is 0 Å². The molecule has 3 rings (SSSR count). The van der Waals surface area contributed by atoms with Crippen molar-refractivity contribution in [3.63, 3.8) is 0 Å². The number of hydrogen-bond donors (Lipinski definition) is 1. The highest BCUT2D eigenvalue weighted by molar-refractivity contribution is 5.79. The molecule has 0 saturated heterocycles. The standard InChI is InChI=1S/C28H34N2O5/c1-6-30(18-20-7-16-25(34-4)26(17-20)35-5)19-27(31)29-28(21-8-12-23(32-2)13-9-21)22-10-14-24(33-3)15-11-22/h7-17,28H,6,18-19H2,1-5H3,(H,29,31). The first-order valence-electron chi connectivity index (χ1n) is 11.5. The van der Waals surface area contributed by atoms with E-state index in [9.17, 15) is 4.79 Å². The Balaban J connectivity index is 1.76. The first kappa shape index (κ1) is 25.9. The zero-order chi connectivity index (χ0) is 25.2. The van der Waals surface area contributed by atoms with E-state index in [4.69, 9.17) is 18.9 Å².